The molecule has 0 amide bonds. The molecule has 3 heteroatoms. The average molecular weight is 287 g/mol. The van der Waals surface area contributed by atoms with E-state index in [0.29, 0.717) is 12.5 Å². The third-order valence-electron chi connectivity index (χ3n) is 2.35. The highest BCUT2D eigenvalue weighted by molar-refractivity contribution is 9.10. The fourth-order valence-electron chi connectivity index (χ4n) is 1.29. The Labute approximate surface area is 106 Å². The molecule has 0 fully saturated rings. The van der Waals surface area contributed by atoms with Crippen LogP contribution in [0.2, 0.25) is 0 Å². The summed E-state index contributed by atoms with van der Waals surface area (Å²) in [5.41, 5.74) is 1.13. The van der Waals surface area contributed by atoms with Crippen LogP contribution in [-0.4, -0.2) is 13.7 Å². The van der Waals surface area contributed by atoms with Gasteiger partial charge < -0.3 is 9.47 Å². The molecule has 1 aromatic rings. The maximum Gasteiger partial charge on any atom is 0.119 e. The van der Waals surface area contributed by atoms with Crippen molar-refractivity contribution in [1.82, 2.24) is 0 Å². The number of benzene rings is 1. The molecule has 0 N–H and O–H groups in total. The van der Waals surface area contributed by atoms with Gasteiger partial charge in [-0.05, 0) is 36.1 Å². The van der Waals surface area contributed by atoms with Crippen LogP contribution in [0.1, 0.15) is 25.8 Å². The molecule has 1 rings (SSSR count). The van der Waals surface area contributed by atoms with Crippen molar-refractivity contribution in [3.63, 3.8) is 0 Å². The lowest BCUT2D eigenvalue weighted by Gasteiger charge is -2.09. The zero-order valence-electron chi connectivity index (χ0n) is 10.1. The molecule has 0 saturated carbocycles. The Morgan fingerprint density at radius 2 is 2.06 bits per heavy atom. The Morgan fingerprint density at radius 3 is 2.69 bits per heavy atom. The van der Waals surface area contributed by atoms with E-state index in [4.69, 9.17) is 9.47 Å². The molecular formula is C13H19BrO2. The van der Waals surface area contributed by atoms with E-state index in [1.807, 2.05) is 18.2 Å². The predicted molar refractivity (Wildman–Crippen MR) is 69.8 cm³/mol. The lowest BCUT2D eigenvalue weighted by molar-refractivity contribution is 0.110. The standard InChI is InChI=1S/C13H19BrO2/c1-10(2)6-7-16-9-11-8-12(15-3)4-5-13(11)14/h4-5,8,10H,6-7,9H2,1-3H3. The molecule has 90 valence electrons. The highest BCUT2D eigenvalue weighted by Gasteiger charge is 2.02. The first-order valence-electron chi connectivity index (χ1n) is 5.53. The van der Waals surface area contributed by atoms with Crippen molar-refractivity contribution in [1.29, 1.82) is 0 Å². The van der Waals surface area contributed by atoms with Crippen molar-refractivity contribution < 1.29 is 9.47 Å². The molecule has 0 spiro atoms. The molecule has 2 nitrogen and oxygen atoms in total. The number of hydrogen-bond acceptors (Lipinski definition) is 2. The smallest absolute Gasteiger partial charge is 0.119 e. The van der Waals surface area contributed by atoms with Crippen LogP contribution in [0.25, 0.3) is 0 Å². The Hall–Kier alpha value is -0.540. The second-order valence-corrected chi connectivity index (χ2v) is 5.05. The van der Waals surface area contributed by atoms with Crippen LogP contribution in [0.15, 0.2) is 22.7 Å². The Kier molecular flexibility index (Phi) is 5.85. The molecule has 0 saturated heterocycles. The highest BCUT2D eigenvalue weighted by Crippen LogP contribution is 2.23. The van der Waals surface area contributed by atoms with Gasteiger partial charge in [-0.2, -0.15) is 0 Å². The van der Waals surface area contributed by atoms with Crippen LogP contribution < -0.4 is 4.74 Å². The Bertz CT molecular complexity index is 324. The monoisotopic (exact) mass is 286 g/mol. The first-order chi connectivity index (χ1) is 7.63. The van der Waals surface area contributed by atoms with Crippen LogP contribution in [0.4, 0.5) is 0 Å². The molecule has 0 aliphatic heterocycles. The van der Waals surface area contributed by atoms with E-state index in [9.17, 15) is 0 Å². The topological polar surface area (TPSA) is 18.5 Å². The minimum atomic E-state index is 0.629. The number of halogens is 1. The van der Waals surface area contributed by atoms with Crippen LogP contribution in [0.3, 0.4) is 0 Å². The van der Waals surface area contributed by atoms with Gasteiger partial charge >= 0.3 is 0 Å². The van der Waals surface area contributed by atoms with Crippen molar-refractivity contribution in [2.45, 2.75) is 26.9 Å². The number of methoxy groups -OCH3 is 1. The predicted octanol–water partition coefficient (Wildman–Crippen LogP) is 4.02. The van der Waals surface area contributed by atoms with Crippen LogP contribution in [0.5, 0.6) is 5.75 Å². The zero-order chi connectivity index (χ0) is 12.0. The molecule has 0 heterocycles. The lowest BCUT2D eigenvalue weighted by atomic mass is 10.1. The number of rotatable bonds is 6. The molecule has 0 aliphatic rings. The summed E-state index contributed by atoms with van der Waals surface area (Å²) < 4.78 is 11.9. The second kappa shape index (κ2) is 6.92. The molecule has 1 aromatic carbocycles. The minimum Gasteiger partial charge on any atom is -0.497 e. The minimum absolute atomic E-state index is 0.629. The van der Waals surface area contributed by atoms with Crippen molar-refractivity contribution in [2.24, 2.45) is 5.92 Å². The van der Waals surface area contributed by atoms with Gasteiger partial charge in [-0.3, -0.25) is 0 Å². The van der Waals surface area contributed by atoms with E-state index in [0.717, 1.165) is 28.8 Å². The first kappa shape index (κ1) is 13.5. The summed E-state index contributed by atoms with van der Waals surface area (Å²) in [7, 11) is 1.67. The van der Waals surface area contributed by atoms with Gasteiger partial charge in [0.15, 0.2) is 0 Å². The SMILES string of the molecule is COc1ccc(Br)c(COCCC(C)C)c1. The van der Waals surface area contributed by atoms with E-state index in [1.165, 1.54) is 0 Å². The van der Waals surface area contributed by atoms with Gasteiger partial charge in [0.05, 0.1) is 13.7 Å². The number of ether oxygens (including phenoxy) is 2. The van der Waals surface area contributed by atoms with Crippen molar-refractivity contribution in [3.05, 3.63) is 28.2 Å². The zero-order valence-corrected chi connectivity index (χ0v) is 11.7. The maximum absolute atomic E-state index is 5.63. The second-order valence-electron chi connectivity index (χ2n) is 4.19. The Balaban J connectivity index is 2.46. The van der Waals surface area contributed by atoms with E-state index in [-0.39, 0.29) is 0 Å². The largest absolute Gasteiger partial charge is 0.497 e. The molecule has 0 bridgehead atoms. The third-order valence-corrected chi connectivity index (χ3v) is 3.12. The van der Waals surface area contributed by atoms with Gasteiger partial charge in [-0.15, -0.1) is 0 Å². The average Bonchev–Trinajstić information content (AvgIpc) is 2.26. The van der Waals surface area contributed by atoms with Crippen LogP contribution >= 0.6 is 15.9 Å². The van der Waals surface area contributed by atoms with Crippen LogP contribution in [-0.2, 0) is 11.3 Å². The molecule has 0 aromatic heterocycles. The van der Waals surface area contributed by atoms with Gasteiger partial charge in [0.25, 0.3) is 0 Å². The summed E-state index contributed by atoms with van der Waals surface area (Å²) in [4.78, 5) is 0. The van der Waals surface area contributed by atoms with Crippen molar-refractivity contribution in [3.8, 4) is 5.75 Å². The van der Waals surface area contributed by atoms with Crippen molar-refractivity contribution in [2.75, 3.05) is 13.7 Å². The number of hydrogen-bond donors (Lipinski definition) is 0. The molecular weight excluding hydrogens is 268 g/mol. The van der Waals surface area contributed by atoms with Gasteiger partial charge in [0.2, 0.25) is 0 Å². The lowest BCUT2D eigenvalue weighted by Crippen LogP contribution is -2.00. The van der Waals surface area contributed by atoms with E-state index < -0.39 is 0 Å². The van der Waals surface area contributed by atoms with E-state index in [1.54, 1.807) is 7.11 Å². The molecule has 0 radical (unpaired) electrons. The third kappa shape index (κ3) is 4.54. The van der Waals surface area contributed by atoms with Gasteiger partial charge in [-0.1, -0.05) is 29.8 Å². The molecule has 16 heavy (non-hydrogen) atoms. The van der Waals surface area contributed by atoms with E-state index >= 15 is 0 Å². The van der Waals surface area contributed by atoms with Crippen molar-refractivity contribution >= 4 is 15.9 Å². The quantitative estimate of drug-likeness (QED) is 0.736. The van der Waals surface area contributed by atoms with Gasteiger partial charge in [0.1, 0.15) is 5.75 Å². The first-order valence-corrected chi connectivity index (χ1v) is 6.33. The summed E-state index contributed by atoms with van der Waals surface area (Å²) in [5.74, 6) is 1.56. The fourth-order valence-corrected chi connectivity index (χ4v) is 1.65. The van der Waals surface area contributed by atoms with E-state index in [2.05, 4.69) is 29.8 Å². The molecule has 0 unspecified atom stereocenters. The summed E-state index contributed by atoms with van der Waals surface area (Å²) in [6.45, 7) is 5.83. The summed E-state index contributed by atoms with van der Waals surface area (Å²) in [6, 6.07) is 5.92. The normalized spacial score (nSPS) is 10.8. The molecule has 0 aliphatic carbocycles. The van der Waals surface area contributed by atoms with Crippen LogP contribution in [0, 0.1) is 5.92 Å². The summed E-state index contributed by atoms with van der Waals surface area (Å²) in [6.07, 6.45) is 1.10. The van der Waals surface area contributed by atoms with Gasteiger partial charge in [-0.25, -0.2) is 0 Å². The summed E-state index contributed by atoms with van der Waals surface area (Å²) >= 11 is 3.51. The fraction of sp³-hybridized carbons (Fsp3) is 0.538. The summed E-state index contributed by atoms with van der Waals surface area (Å²) in [5, 5.41) is 0. The highest BCUT2D eigenvalue weighted by atomic mass is 79.9. The molecule has 0 atom stereocenters. The van der Waals surface area contributed by atoms with Gasteiger partial charge in [0, 0.05) is 11.1 Å². The maximum atomic E-state index is 5.63. The Morgan fingerprint density at radius 1 is 1.31 bits per heavy atom.